The predicted octanol–water partition coefficient (Wildman–Crippen LogP) is 2.70. The maximum atomic E-state index is 5.97. The minimum absolute atomic E-state index is 0. The van der Waals surface area contributed by atoms with E-state index in [2.05, 4.69) is 29.0 Å². The van der Waals surface area contributed by atoms with Gasteiger partial charge in [-0.25, -0.2) is 0 Å². The van der Waals surface area contributed by atoms with E-state index in [4.69, 9.17) is 10.3 Å². The smallest absolute Gasteiger partial charge is 0.240 e. The lowest BCUT2D eigenvalue weighted by Gasteiger charge is -2.35. The van der Waals surface area contributed by atoms with Gasteiger partial charge in [0.05, 0.1) is 12.1 Å². The van der Waals surface area contributed by atoms with E-state index in [1.807, 2.05) is 13.8 Å². The molecule has 0 amide bonds. The molecule has 2 unspecified atom stereocenters. The van der Waals surface area contributed by atoms with Gasteiger partial charge in [-0.15, -0.1) is 12.4 Å². The van der Waals surface area contributed by atoms with Crippen LogP contribution >= 0.6 is 12.4 Å². The van der Waals surface area contributed by atoms with E-state index in [0.29, 0.717) is 24.3 Å². The van der Waals surface area contributed by atoms with E-state index >= 15 is 0 Å². The van der Waals surface area contributed by atoms with E-state index in [-0.39, 0.29) is 12.4 Å². The molecule has 5 nitrogen and oxygen atoms in total. The van der Waals surface area contributed by atoms with Crippen LogP contribution in [-0.2, 0) is 12.1 Å². The number of nitrogens with two attached hydrogens (primary N) is 1. The molecule has 1 heterocycles. The maximum Gasteiger partial charge on any atom is 0.240 e. The highest BCUT2D eigenvalue weighted by Crippen LogP contribution is 2.28. The Morgan fingerprint density at radius 3 is 2.55 bits per heavy atom. The number of aromatic nitrogens is 2. The Balaban J connectivity index is 0.00000200. The average molecular weight is 303 g/mol. The van der Waals surface area contributed by atoms with Gasteiger partial charge in [-0.2, -0.15) is 4.98 Å². The van der Waals surface area contributed by atoms with E-state index in [1.165, 1.54) is 25.7 Å². The van der Waals surface area contributed by atoms with Crippen molar-refractivity contribution in [2.75, 3.05) is 7.05 Å². The Hall–Kier alpha value is -0.650. The van der Waals surface area contributed by atoms with Crippen molar-refractivity contribution in [2.24, 2.45) is 11.7 Å². The summed E-state index contributed by atoms with van der Waals surface area (Å²) in [4.78, 5) is 6.73. The van der Waals surface area contributed by atoms with Gasteiger partial charge >= 0.3 is 0 Å². The summed E-state index contributed by atoms with van der Waals surface area (Å²) >= 11 is 0. The third-order valence-corrected chi connectivity index (χ3v) is 4.06. The van der Waals surface area contributed by atoms with Crippen LogP contribution in [0, 0.1) is 5.92 Å². The molecule has 0 spiro atoms. The van der Waals surface area contributed by atoms with Crippen molar-refractivity contribution in [3.05, 3.63) is 11.7 Å². The zero-order valence-electron chi connectivity index (χ0n) is 12.9. The molecule has 0 saturated heterocycles. The van der Waals surface area contributed by atoms with Crippen LogP contribution in [0.5, 0.6) is 0 Å². The van der Waals surface area contributed by atoms with Crippen molar-refractivity contribution in [1.29, 1.82) is 0 Å². The Kier molecular flexibility index (Phi) is 5.98. The third-order valence-electron chi connectivity index (χ3n) is 4.06. The summed E-state index contributed by atoms with van der Waals surface area (Å²) < 4.78 is 5.31. The maximum absolute atomic E-state index is 5.97. The summed E-state index contributed by atoms with van der Waals surface area (Å²) in [5.41, 5.74) is 5.42. The standard InChI is InChI=1S/C14H26N4O.ClH/c1-10-7-5-6-8-11(10)18(4)9-12-16-13(17-19-12)14(2,3)15;/h10-11H,5-9,15H2,1-4H3;1H. The molecule has 1 aromatic heterocycles. The van der Waals surface area contributed by atoms with Crippen molar-refractivity contribution >= 4 is 12.4 Å². The molecule has 1 aliphatic carbocycles. The zero-order valence-corrected chi connectivity index (χ0v) is 13.7. The largest absolute Gasteiger partial charge is 0.338 e. The highest BCUT2D eigenvalue weighted by molar-refractivity contribution is 5.85. The molecule has 2 atom stereocenters. The molecule has 6 heteroatoms. The van der Waals surface area contributed by atoms with Crippen LogP contribution in [0.15, 0.2) is 4.52 Å². The molecule has 0 radical (unpaired) electrons. The van der Waals surface area contributed by atoms with Gasteiger partial charge in [-0.05, 0) is 39.7 Å². The summed E-state index contributed by atoms with van der Waals surface area (Å²) in [5.74, 6) is 1.98. The molecular formula is C14H27ClN4O. The second kappa shape index (κ2) is 6.87. The van der Waals surface area contributed by atoms with E-state index in [1.54, 1.807) is 0 Å². The van der Waals surface area contributed by atoms with E-state index in [0.717, 1.165) is 5.92 Å². The number of hydrogen-bond acceptors (Lipinski definition) is 5. The topological polar surface area (TPSA) is 68.2 Å². The summed E-state index contributed by atoms with van der Waals surface area (Å²) in [7, 11) is 2.14. The molecule has 116 valence electrons. The lowest BCUT2D eigenvalue weighted by molar-refractivity contribution is 0.120. The molecule has 1 aromatic rings. The number of hydrogen-bond donors (Lipinski definition) is 1. The third kappa shape index (κ3) is 4.17. The minimum Gasteiger partial charge on any atom is -0.338 e. The summed E-state index contributed by atoms with van der Waals surface area (Å²) in [6.45, 7) is 6.81. The minimum atomic E-state index is -0.543. The SMILES string of the molecule is CC1CCCCC1N(C)Cc1nc(C(C)(C)N)no1.Cl. The fraction of sp³-hybridized carbons (Fsp3) is 0.857. The van der Waals surface area contributed by atoms with Crippen LogP contribution in [0.4, 0.5) is 0 Å². The predicted molar refractivity (Wildman–Crippen MR) is 81.6 cm³/mol. The first kappa shape index (κ1) is 17.4. The van der Waals surface area contributed by atoms with Crippen molar-refractivity contribution in [1.82, 2.24) is 15.0 Å². The Morgan fingerprint density at radius 1 is 1.35 bits per heavy atom. The van der Waals surface area contributed by atoms with Crippen molar-refractivity contribution in [2.45, 2.75) is 64.6 Å². The molecule has 0 bridgehead atoms. The quantitative estimate of drug-likeness (QED) is 0.926. The molecule has 1 aliphatic rings. The van der Waals surface area contributed by atoms with Crippen LogP contribution in [-0.4, -0.2) is 28.1 Å². The molecule has 0 aliphatic heterocycles. The lowest BCUT2D eigenvalue weighted by Crippen LogP contribution is -2.38. The van der Waals surface area contributed by atoms with E-state index < -0.39 is 5.54 Å². The number of rotatable bonds is 4. The Bertz CT molecular complexity index is 416. The van der Waals surface area contributed by atoms with Gasteiger partial charge < -0.3 is 10.3 Å². The average Bonchev–Trinajstić information content (AvgIpc) is 2.77. The first-order valence-electron chi connectivity index (χ1n) is 7.20. The Morgan fingerprint density at radius 2 is 2.00 bits per heavy atom. The van der Waals surface area contributed by atoms with Crippen molar-refractivity contribution in [3.8, 4) is 0 Å². The van der Waals surface area contributed by atoms with Crippen molar-refractivity contribution < 1.29 is 4.52 Å². The first-order chi connectivity index (χ1) is 8.88. The van der Waals surface area contributed by atoms with Crippen LogP contribution in [0.2, 0.25) is 0 Å². The molecule has 2 N–H and O–H groups in total. The second-order valence-corrected chi connectivity index (χ2v) is 6.48. The highest BCUT2D eigenvalue weighted by Gasteiger charge is 2.27. The van der Waals surface area contributed by atoms with Crippen LogP contribution < -0.4 is 5.73 Å². The lowest BCUT2D eigenvalue weighted by atomic mass is 9.85. The number of nitrogens with zero attached hydrogens (tertiary/aromatic N) is 3. The molecule has 1 fully saturated rings. The molecule has 0 aromatic carbocycles. The molecule has 2 rings (SSSR count). The molecule has 1 saturated carbocycles. The summed E-state index contributed by atoms with van der Waals surface area (Å²) in [6, 6.07) is 0.620. The van der Waals surface area contributed by atoms with E-state index in [9.17, 15) is 0 Å². The molecular weight excluding hydrogens is 276 g/mol. The van der Waals surface area contributed by atoms with Gasteiger partial charge in [0.15, 0.2) is 5.82 Å². The zero-order chi connectivity index (χ0) is 14.0. The summed E-state index contributed by atoms with van der Waals surface area (Å²) in [6.07, 6.45) is 5.27. The van der Waals surface area contributed by atoms with Gasteiger partial charge in [0.2, 0.25) is 5.89 Å². The second-order valence-electron chi connectivity index (χ2n) is 6.48. The van der Waals surface area contributed by atoms with Gasteiger partial charge in [-0.3, -0.25) is 4.90 Å². The van der Waals surface area contributed by atoms with Gasteiger partial charge in [0.25, 0.3) is 0 Å². The van der Waals surface area contributed by atoms with Gasteiger partial charge in [0, 0.05) is 6.04 Å². The summed E-state index contributed by atoms with van der Waals surface area (Å²) in [5, 5.41) is 3.97. The number of halogens is 1. The Labute approximate surface area is 127 Å². The fourth-order valence-electron chi connectivity index (χ4n) is 2.86. The fourth-order valence-corrected chi connectivity index (χ4v) is 2.86. The first-order valence-corrected chi connectivity index (χ1v) is 7.20. The van der Waals surface area contributed by atoms with Crippen LogP contribution in [0.3, 0.4) is 0 Å². The normalized spacial score (nSPS) is 23.7. The molecule has 20 heavy (non-hydrogen) atoms. The van der Waals surface area contributed by atoms with Gasteiger partial charge in [0.1, 0.15) is 0 Å². The van der Waals surface area contributed by atoms with Gasteiger partial charge in [-0.1, -0.05) is 24.9 Å². The monoisotopic (exact) mass is 302 g/mol. The van der Waals surface area contributed by atoms with Crippen molar-refractivity contribution in [3.63, 3.8) is 0 Å². The van der Waals surface area contributed by atoms with Crippen LogP contribution in [0.25, 0.3) is 0 Å². The van der Waals surface area contributed by atoms with Crippen LogP contribution in [0.1, 0.15) is 58.2 Å². The highest BCUT2D eigenvalue weighted by atomic mass is 35.5.